The lowest BCUT2D eigenvalue weighted by Crippen LogP contribution is -2.43. The third-order valence-electron chi connectivity index (χ3n) is 2.46. The molecule has 0 saturated heterocycles. The first-order valence-electron chi connectivity index (χ1n) is 6.32. The number of carbonyl (C=O) groups is 1. The summed E-state index contributed by atoms with van der Waals surface area (Å²) in [7, 11) is 0.747. The van der Waals surface area contributed by atoms with Crippen molar-refractivity contribution in [2.45, 2.75) is 32.0 Å². The summed E-state index contributed by atoms with van der Waals surface area (Å²) in [5.74, 6) is -0.574. The maximum Gasteiger partial charge on any atom is 0.330 e. The Kier molecular flexibility index (Phi) is 7.62. The van der Waals surface area contributed by atoms with Crippen LogP contribution in [0.3, 0.4) is 0 Å². The molecule has 0 amide bonds. The van der Waals surface area contributed by atoms with E-state index in [0.29, 0.717) is 17.4 Å². The van der Waals surface area contributed by atoms with Gasteiger partial charge in [0.2, 0.25) is 0 Å². The maximum absolute atomic E-state index is 11.2. The number of phosphoric ester groups is 1. The summed E-state index contributed by atoms with van der Waals surface area (Å²) in [4.78, 5) is 30.9. The van der Waals surface area contributed by atoms with E-state index in [-0.39, 0.29) is 6.42 Å². The minimum Gasteiger partial charge on any atom is -0.756 e. The van der Waals surface area contributed by atoms with E-state index in [4.69, 9.17) is 9.63 Å². The van der Waals surface area contributed by atoms with Crippen LogP contribution >= 0.6 is 7.82 Å². The van der Waals surface area contributed by atoms with Gasteiger partial charge in [-0.2, -0.15) is 0 Å². The highest BCUT2D eigenvalue weighted by Crippen LogP contribution is 2.34. The van der Waals surface area contributed by atoms with Gasteiger partial charge in [-0.15, -0.1) is 0 Å². The molecule has 3 unspecified atom stereocenters. The van der Waals surface area contributed by atoms with E-state index in [2.05, 4.69) is 11.1 Å². The van der Waals surface area contributed by atoms with Crippen LogP contribution < -0.4 is 4.89 Å². The van der Waals surface area contributed by atoms with Gasteiger partial charge in [-0.1, -0.05) is 13.5 Å². The second-order valence-electron chi connectivity index (χ2n) is 5.58. The molecule has 3 atom stereocenters. The van der Waals surface area contributed by atoms with E-state index in [9.17, 15) is 14.3 Å². The van der Waals surface area contributed by atoms with E-state index < -0.39 is 26.0 Å². The molecule has 0 rings (SSSR count). The van der Waals surface area contributed by atoms with Gasteiger partial charge < -0.3 is 23.5 Å². The van der Waals surface area contributed by atoms with Gasteiger partial charge in [0.15, 0.2) is 0 Å². The quantitative estimate of drug-likeness (QED) is 0.287. The summed E-state index contributed by atoms with van der Waals surface area (Å²) in [6.07, 6.45) is 0.460. The molecule has 0 aromatic carbocycles. The minimum absolute atomic E-state index is 0.179. The van der Waals surface area contributed by atoms with Crippen LogP contribution in [0, 0.1) is 0 Å². The number of carbonyl (C=O) groups excluding carboxylic acids is 1. The monoisotopic (exact) mass is 309 g/mol. The first-order chi connectivity index (χ1) is 8.96. The van der Waals surface area contributed by atoms with Crippen molar-refractivity contribution in [3.63, 3.8) is 0 Å². The first-order valence-corrected chi connectivity index (χ1v) is 7.82. The van der Waals surface area contributed by atoms with Gasteiger partial charge in [-0.05, 0) is 6.42 Å². The molecule has 0 heterocycles. The number of quaternary nitrogens is 1. The van der Waals surface area contributed by atoms with Crippen molar-refractivity contribution >= 4 is 13.8 Å². The largest absolute Gasteiger partial charge is 0.756 e. The SMILES string of the molecule is C=CC(=O)OC(CC)CC(C[N+](C)(C)C)OP(=O)([O-])O. The fourth-order valence-corrected chi connectivity index (χ4v) is 2.28. The van der Waals surface area contributed by atoms with Gasteiger partial charge >= 0.3 is 5.97 Å². The van der Waals surface area contributed by atoms with Crippen molar-refractivity contribution < 1.29 is 32.9 Å². The predicted octanol–water partition coefficient (Wildman–Crippen LogP) is 0.436. The van der Waals surface area contributed by atoms with E-state index in [1.807, 2.05) is 21.1 Å². The van der Waals surface area contributed by atoms with Crippen molar-refractivity contribution in [3.05, 3.63) is 12.7 Å². The van der Waals surface area contributed by atoms with Crippen LogP contribution in [0.5, 0.6) is 0 Å². The molecule has 0 aromatic rings. The molecule has 8 heteroatoms. The van der Waals surface area contributed by atoms with Gasteiger partial charge in [-0.3, -0.25) is 4.57 Å². The molecule has 0 aromatic heterocycles. The van der Waals surface area contributed by atoms with Crippen molar-refractivity contribution in [1.82, 2.24) is 0 Å². The second kappa shape index (κ2) is 7.90. The molecule has 0 spiro atoms. The lowest BCUT2D eigenvalue weighted by atomic mass is 10.1. The standard InChI is InChI=1S/C12H24NO6P/c1-6-10(18-12(14)7-2)8-11(9-13(3,4)5)19-20(15,16)17/h7,10-11H,2,6,8-9H2,1,3-5H3,(H-,15,16,17). The molecule has 0 aliphatic carbocycles. The number of nitrogens with zero attached hydrogens (tertiary/aromatic N) is 1. The molecule has 1 N–H and O–H groups in total. The normalized spacial score (nSPS) is 17.9. The van der Waals surface area contributed by atoms with E-state index in [1.165, 1.54) is 0 Å². The fraction of sp³-hybridized carbons (Fsp3) is 0.750. The van der Waals surface area contributed by atoms with Gasteiger partial charge in [0, 0.05) is 12.5 Å². The van der Waals surface area contributed by atoms with Crippen molar-refractivity contribution in [3.8, 4) is 0 Å². The summed E-state index contributed by atoms with van der Waals surface area (Å²) in [6, 6.07) is 0. The summed E-state index contributed by atoms with van der Waals surface area (Å²) < 4.78 is 21.1. The number of hydrogen-bond acceptors (Lipinski definition) is 5. The molecular formula is C12H24NO6P. The van der Waals surface area contributed by atoms with Crippen LogP contribution in [0.15, 0.2) is 12.7 Å². The number of ether oxygens (including phenoxy) is 1. The Morgan fingerprint density at radius 3 is 2.35 bits per heavy atom. The molecule has 20 heavy (non-hydrogen) atoms. The molecule has 7 nitrogen and oxygen atoms in total. The Hall–Kier alpha value is -0.720. The Morgan fingerprint density at radius 2 is 2.00 bits per heavy atom. The molecular weight excluding hydrogens is 285 g/mol. The highest BCUT2D eigenvalue weighted by atomic mass is 31.2. The zero-order chi connectivity index (χ0) is 16.0. The maximum atomic E-state index is 11.2. The molecule has 0 radical (unpaired) electrons. The Labute approximate surface area is 120 Å². The van der Waals surface area contributed by atoms with Crippen molar-refractivity contribution in [2.24, 2.45) is 0 Å². The summed E-state index contributed by atoms with van der Waals surface area (Å²) >= 11 is 0. The zero-order valence-electron chi connectivity index (χ0n) is 12.4. The number of phosphoric acid groups is 1. The molecule has 0 bridgehead atoms. The Balaban J connectivity index is 4.79. The summed E-state index contributed by atoms with van der Waals surface area (Å²) in [5.41, 5.74) is 0. The topological polar surface area (TPSA) is 95.9 Å². The molecule has 0 aliphatic heterocycles. The lowest BCUT2D eigenvalue weighted by Gasteiger charge is -2.32. The van der Waals surface area contributed by atoms with E-state index in [0.717, 1.165) is 6.08 Å². The molecule has 0 fully saturated rings. The highest BCUT2D eigenvalue weighted by molar-refractivity contribution is 7.44. The van der Waals surface area contributed by atoms with E-state index >= 15 is 0 Å². The number of hydrogen-bond donors (Lipinski definition) is 1. The van der Waals surface area contributed by atoms with Crippen LogP contribution in [0.2, 0.25) is 0 Å². The third kappa shape index (κ3) is 10.1. The van der Waals surface area contributed by atoms with Gasteiger partial charge in [-0.25, -0.2) is 4.79 Å². The highest BCUT2D eigenvalue weighted by Gasteiger charge is 2.26. The van der Waals surface area contributed by atoms with Crippen LogP contribution in [0.1, 0.15) is 19.8 Å². The average Bonchev–Trinajstić information content (AvgIpc) is 2.23. The van der Waals surface area contributed by atoms with Crippen LogP contribution in [-0.2, 0) is 18.6 Å². The number of rotatable bonds is 9. The first kappa shape index (κ1) is 19.3. The van der Waals surface area contributed by atoms with Crippen LogP contribution in [-0.4, -0.2) is 55.2 Å². The number of likely N-dealkylation sites (N-methyl/N-ethyl adjacent to an activating group) is 1. The zero-order valence-corrected chi connectivity index (χ0v) is 13.3. The van der Waals surface area contributed by atoms with Crippen molar-refractivity contribution in [2.75, 3.05) is 27.7 Å². The van der Waals surface area contributed by atoms with E-state index in [1.54, 1.807) is 6.92 Å². The second-order valence-corrected chi connectivity index (χ2v) is 6.72. The minimum atomic E-state index is -4.84. The fourth-order valence-electron chi connectivity index (χ4n) is 1.75. The summed E-state index contributed by atoms with van der Waals surface area (Å²) in [5, 5.41) is 0. The molecule has 0 aliphatic rings. The lowest BCUT2D eigenvalue weighted by molar-refractivity contribution is -0.873. The van der Waals surface area contributed by atoms with Gasteiger partial charge in [0.05, 0.1) is 21.1 Å². The third-order valence-corrected chi connectivity index (χ3v) is 3.03. The smallest absolute Gasteiger partial charge is 0.330 e. The molecule has 0 saturated carbocycles. The van der Waals surface area contributed by atoms with Gasteiger partial charge in [0.1, 0.15) is 18.8 Å². The van der Waals surface area contributed by atoms with Crippen LogP contribution in [0.4, 0.5) is 0 Å². The number of esters is 1. The summed E-state index contributed by atoms with van der Waals surface area (Å²) in [6.45, 7) is 5.45. The van der Waals surface area contributed by atoms with Crippen LogP contribution in [0.25, 0.3) is 0 Å². The molecule has 118 valence electrons. The van der Waals surface area contributed by atoms with Crippen molar-refractivity contribution in [1.29, 1.82) is 0 Å². The van der Waals surface area contributed by atoms with Gasteiger partial charge in [0.25, 0.3) is 7.82 Å². The predicted molar refractivity (Wildman–Crippen MR) is 72.6 cm³/mol. The Morgan fingerprint density at radius 1 is 1.45 bits per heavy atom. The Bertz CT molecular complexity index is 373. The average molecular weight is 309 g/mol.